The van der Waals surface area contributed by atoms with Crippen molar-refractivity contribution in [3.05, 3.63) is 30.1 Å². The van der Waals surface area contributed by atoms with Gasteiger partial charge in [-0.25, -0.2) is 0 Å². The molecule has 1 aromatic rings. The van der Waals surface area contributed by atoms with E-state index in [2.05, 4.69) is 73.3 Å². The number of nitrogens with one attached hydrogen (secondary N) is 2. The second kappa shape index (κ2) is 8.63. The maximum absolute atomic E-state index is 5.81. The molecule has 2 rings (SSSR count). The lowest BCUT2D eigenvalue weighted by Gasteiger charge is -2.47. The number of rotatable bonds is 6. The minimum Gasteiger partial charge on any atom is -0.360 e. The summed E-state index contributed by atoms with van der Waals surface area (Å²) in [5.74, 6) is 0. The van der Waals surface area contributed by atoms with E-state index in [1.54, 1.807) is 0 Å². The third-order valence-electron chi connectivity index (χ3n) is 4.72. The van der Waals surface area contributed by atoms with Crippen LogP contribution in [0.1, 0.15) is 46.1 Å². The highest BCUT2D eigenvalue weighted by molar-refractivity contribution is 7.80. The number of nitrogens with zero attached hydrogens (tertiary/aromatic N) is 3. The Morgan fingerprint density at radius 3 is 2.42 bits per heavy atom. The van der Waals surface area contributed by atoms with Crippen LogP contribution in [0.4, 0.5) is 0 Å². The number of aromatic nitrogens is 1. The highest BCUT2D eigenvalue weighted by atomic mass is 32.1. The van der Waals surface area contributed by atoms with Gasteiger partial charge in [-0.1, -0.05) is 6.07 Å². The van der Waals surface area contributed by atoms with E-state index in [0.717, 1.165) is 37.6 Å². The first-order valence-electron chi connectivity index (χ1n) is 9.45. The summed E-state index contributed by atoms with van der Waals surface area (Å²) in [5, 5.41) is 8.23. The third kappa shape index (κ3) is 6.82. The largest absolute Gasteiger partial charge is 0.360 e. The van der Waals surface area contributed by atoms with Gasteiger partial charge in [-0.3, -0.25) is 4.98 Å². The van der Waals surface area contributed by atoms with Gasteiger partial charge in [0.05, 0.1) is 0 Å². The van der Waals surface area contributed by atoms with Crippen LogP contribution in [0, 0.1) is 0 Å². The summed E-state index contributed by atoms with van der Waals surface area (Å²) in [4.78, 5) is 8.69. The number of likely N-dealkylation sites (N-methyl/N-ethyl adjacent to an activating group) is 1. The van der Waals surface area contributed by atoms with E-state index < -0.39 is 0 Å². The number of hydrogen-bond donors (Lipinski definition) is 2. The number of hydrogen-bond acceptors (Lipinski definition) is 4. The van der Waals surface area contributed by atoms with Crippen LogP contribution in [0.3, 0.4) is 0 Å². The van der Waals surface area contributed by atoms with E-state index in [1.165, 1.54) is 5.56 Å². The van der Waals surface area contributed by atoms with Gasteiger partial charge >= 0.3 is 0 Å². The van der Waals surface area contributed by atoms with Gasteiger partial charge in [0, 0.05) is 49.1 Å². The molecule has 0 unspecified atom stereocenters. The quantitative estimate of drug-likeness (QED) is 0.743. The Labute approximate surface area is 164 Å². The maximum atomic E-state index is 5.81. The van der Waals surface area contributed by atoms with Crippen LogP contribution in [0.25, 0.3) is 0 Å². The second-order valence-electron chi connectivity index (χ2n) is 9.03. The monoisotopic (exact) mass is 377 g/mol. The molecule has 6 heteroatoms. The summed E-state index contributed by atoms with van der Waals surface area (Å²) in [5.41, 5.74) is 1.39. The maximum Gasteiger partial charge on any atom is 0.169 e. The molecule has 1 aliphatic rings. The molecule has 2 heterocycles. The summed E-state index contributed by atoms with van der Waals surface area (Å²) >= 11 is 5.81. The Balaban J connectivity index is 2.05. The average molecular weight is 378 g/mol. The predicted molar refractivity (Wildman–Crippen MR) is 113 cm³/mol. The molecule has 0 saturated carbocycles. The van der Waals surface area contributed by atoms with Crippen molar-refractivity contribution in [3.63, 3.8) is 0 Å². The Morgan fingerprint density at radius 2 is 1.88 bits per heavy atom. The van der Waals surface area contributed by atoms with Gasteiger partial charge in [-0.2, -0.15) is 0 Å². The molecule has 146 valence electrons. The zero-order chi connectivity index (χ0) is 19.4. The molecule has 0 aliphatic carbocycles. The van der Waals surface area contributed by atoms with Gasteiger partial charge in [0.2, 0.25) is 0 Å². The first-order chi connectivity index (χ1) is 12.1. The Bertz CT molecular complexity index is 569. The number of pyridine rings is 1. The summed E-state index contributed by atoms with van der Waals surface area (Å²) in [6.07, 6.45) is 5.85. The van der Waals surface area contributed by atoms with Crippen LogP contribution in [0.15, 0.2) is 24.5 Å². The lowest BCUT2D eigenvalue weighted by atomic mass is 9.80. The molecular weight excluding hydrogens is 342 g/mol. The minimum atomic E-state index is 0.104. The van der Waals surface area contributed by atoms with Crippen molar-refractivity contribution >= 4 is 17.3 Å². The third-order valence-corrected chi connectivity index (χ3v) is 5.09. The summed E-state index contributed by atoms with van der Waals surface area (Å²) < 4.78 is 0. The van der Waals surface area contributed by atoms with Crippen molar-refractivity contribution in [1.82, 2.24) is 25.4 Å². The summed E-state index contributed by atoms with van der Waals surface area (Å²) in [6.45, 7) is 11.7. The fourth-order valence-electron chi connectivity index (χ4n) is 3.98. The molecule has 2 N–H and O–H groups in total. The topological polar surface area (TPSA) is 43.4 Å². The van der Waals surface area contributed by atoms with E-state index in [4.69, 9.17) is 12.2 Å². The lowest BCUT2D eigenvalue weighted by molar-refractivity contribution is 0.153. The highest BCUT2D eigenvalue weighted by Crippen LogP contribution is 2.28. The molecule has 0 atom stereocenters. The van der Waals surface area contributed by atoms with Crippen molar-refractivity contribution in [2.24, 2.45) is 0 Å². The molecule has 0 spiro atoms. The first kappa shape index (κ1) is 21.1. The van der Waals surface area contributed by atoms with E-state index in [-0.39, 0.29) is 11.1 Å². The molecular formula is C20H35N5S. The van der Waals surface area contributed by atoms with Crippen LogP contribution in [0.5, 0.6) is 0 Å². The van der Waals surface area contributed by atoms with Crippen LogP contribution in [-0.4, -0.2) is 64.2 Å². The lowest BCUT2D eigenvalue weighted by Crippen LogP contribution is -2.63. The van der Waals surface area contributed by atoms with E-state index >= 15 is 0 Å². The highest BCUT2D eigenvalue weighted by Gasteiger charge is 2.38. The molecule has 5 nitrogen and oxygen atoms in total. The predicted octanol–water partition coefficient (Wildman–Crippen LogP) is 2.63. The minimum absolute atomic E-state index is 0.104. The first-order valence-corrected chi connectivity index (χ1v) is 9.86. The average Bonchev–Trinajstić information content (AvgIpc) is 2.48. The van der Waals surface area contributed by atoms with Crippen molar-refractivity contribution < 1.29 is 0 Å². The van der Waals surface area contributed by atoms with E-state index in [9.17, 15) is 0 Å². The number of thiocarbonyl (C=S) groups is 1. The molecule has 1 aliphatic heterocycles. The van der Waals surface area contributed by atoms with Crippen LogP contribution >= 0.6 is 12.2 Å². The van der Waals surface area contributed by atoms with Crippen LogP contribution < -0.4 is 10.6 Å². The van der Waals surface area contributed by atoms with Crippen molar-refractivity contribution in [1.29, 1.82) is 0 Å². The summed E-state index contributed by atoms with van der Waals surface area (Å²) in [6, 6.07) is 4.47. The SMILES string of the molecule is CN(C)CCN(Cc1cccnc1)C(=S)NC1CC(C)(C)NC(C)(C)C1. The molecule has 0 bridgehead atoms. The van der Waals surface area contributed by atoms with Gasteiger partial charge in [0.25, 0.3) is 0 Å². The van der Waals surface area contributed by atoms with Crippen molar-refractivity contribution in [2.75, 3.05) is 27.2 Å². The fraction of sp³-hybridized carbons (Fsp3) is 0.700. The van der Waals surface area contributed by atoms with Gasteiger partial charge in [-0.05, 0) is 78.5 Å². The fourth-order valence-corrected chi connectivity index (χ4v) is 4.30. The van der Waals surface area contributed by atoms with E-state index in [1.807, 2.05) is 18.5 Å². The number of piperidine rings is 1. The van der Waals surface area contributed by atoms with Gasteiger partial charge in [0.15, 0.2) is 5.11 Å². The van der Waals surface area contributed by atoms with Gasteiger partial charge in [-0.15, -0.1) is 0 Å². The molecule has 0 aromatic carbocycles. The van der Waals surface area contributed by atoms with Gasteiger partial charge < -0.3 is 20.4 Å². The Hall–Kier alpha value is -1.24. The zero-order valence-corrected chi connectivity index (χ0v) is 18.0. The normalized spacial score (nSPS) is 19.3. The van der Waals surface area contributed by atoms with Gasteiger partial charge in [0.1, 0.15) is 0 Å². The molecule has 1 aromatic heterocycles. The Kier molecular flexibility index (Phi) is 6.99. The standard InChI is InChI=1S/C20H35N5S/c1-19(2)12-17(13-20(3,4)23-19)22-18(26)25(11-10-24(5)6)15-16-8-7-9-21-14-16/h7-9,14,17,23H,10-13,15H2,1-6H3,(H,22,26). The molecule has 26 heavy (non-hydrogen) atoms. The summed E-state index contributed by atoms with van der Waals surface area (Å²) in [7, 11) is 4.19. The second-order valence-corrected chi connectivity index (χ2v) is 9.42. The smallest absolute Gasteiger partial charge is 0.169 e. The Morgan fingerprint density at radius 1 is 1.23 bits per heavy atom. The molecule has 0 radical (unpaired) electrons. The van der Waals surface area contributed by atoms with Crippen molar-refractivity contribution in [3.8, 4) is 0 Å². The molecule has 1 fully saturated rings. The van der Waals surface area contributed by atoms with E-state index in [0.29, 0.717) is 6.04 Å². The van der Waals surface area contributed by atoms with Crippen LogP contribution in [-0.2, 0) is 6.54 Å². The zero-order valence-electron chi connectivity index (χ0n) is 17.2. The molecule has 1 saturated heterocycles. The van der Waals surface area contributed by atoms with Crippen LogP contribution in [0.2, 0.25) is 0 Å². The van der Waals surface area contributed by atoms with Crippen molar-refractivity contribution in [2.45, 2.75) is 64.2 Å². The molecule has 0 amide bonds.